The van der Waals surface area contributed by atoms with Crippen molar-refractivity contribution in [2.24, 2.45) is 0 Å². The Hall–Kier alpha value is -3.93. The summed E-state index contributed by atoms with van der Waals surface area (Å²) >= 11 is 0. The number of carbonyl (C=O) groups is 3. The Balaban J connectivity index is 4.53. The lowest BCUT2D eigenvalue weighted by Gasteiger charge is -2.18. The van der Waals surface area contributed by atoms with Crippen molar-refractivity contribution in [3.8, 4) is 0 Å². The van der Waals surface area contributed by atoms with Gasteiger partial charge in [-0.25, -0.2) is 0 Å². The van der Waals surface area contributed by atoms with E-state index in [0.29, 0.717) is 19.3 Å². The van der Waals surface area contributed by atoms with Gasteiger partial charge >= 0.3 is 17.9 Å². The van der Waals surface area contributed by atoms with Gasteiger partial charge in [-0.2, -0.15) is 0 Å². The molecule has 0 aromatic rings. The van der Waals surface area contributed by atoms with E-state index in [1.165, 1.54) is 0 Å². The van der Waals surface area contributed by atoms with E-state index in [1.807, 2.05) is 48.6 Å². The average molecular weight is 747 g/mol. The van der Waals surface area contributed by atoms with Crippen molar-refractivity contribution in [3.63, 3.8) is 0 Å². The predicted octanol–water partition coefficient (Wildman–Crippen LogP) is 13.2. The summed E-state index contributed by atoms with van der Waals surface area (Å²) in [6, 6.07) is 0. The SMILES string of the molecule is CC\C=C/C=C\C=C/C=C\C=C/CCCCCC(=O)OCC(COC(=O)CCCC/C=C\C/C=C\CC)OC(=O)CCCCCCC/C=C\C/C=C\CC. The van der Waals surface area contributed by atoms with Crippen molar-refractivity contribution in [3.05, 3.63) is 109 Å². The molecule has 0 aliphatic rings. The Labute approximate surface area is 330 Å². The van der Waals surface area contributed by atoms with Gasteiger partial charge in [0.1, 0.15) is 13.2 Å². The molecule has 0 heterocycles. The minimum absolute atomic E-state index is 0.118. The van der Waals surface area contributed by atoms with Gasteiger partial charge < -0.3 is 14.2 Å². The van der Waals surface area contributed by atoms with Crippen LogP contribution in [0.15, 0.2) is 109 Å². The van der Waals surface area contributed by atoms with Gasteiger partial charge in [-0.1, -0.05) is 156 Å². The zero-order chi connectivity index (χ0) is 39.4. The molecule has 0 aromatic carbocycles. The van der Waals surface area contributed by atoms with E-state index in [0.717, 1.165) is 116 Å². The Morgan fingerprint density at radius 1 is 0.389 bits per heavy atom. The maximum Gasteiger partial charge on any atom is 0.306 e. The second kappa shape index (κ2) is 41.8. The summed E-state index contributed by atoms with van der Waals surface area (Å²) in [5, 5.41) is 0. The molecule has 0 aliphatic heterocycles. The molecule has 302 valence electrons. The zero-order valence-electron chi connectivity index (χ0n) is 34.2. The summed E-state index contributed by atoms with van der Waals surface area (Å²) in [4.78, 5) is 37.6. The van der Waals surface area contributed by atoms with Crippen LogP contribution in [0.4, 0.5) is 0 Å². The van der Waals surface area contributed by atoms with Gasteiger partial charge in [-0.3, -0.25) is 14.4 Å². The molecular formula is C48H74O6. The van der Waals surface area contributed by atoms with Crippen LogP contribution in [-0.2, 0) is 28.6 Å². The first-order valence-electron chi connectivity index (χ1n) is 21.0. The first-order chi connectivity index (χ1) is 26.5. The van der Waals surface area contributed by atoms with Crippen molar-refractivity contribution in [2.45, 2.75) is 162 Å². The third kappa shape index (κ3) is 39.3. The van der Waals surface area contributed by atoms with Crippen LogP contribution in [0.25, 0.3) is 0 Å². The van der Waals surface area contributed by atoms with Crippen LogP contribution in [0.2, 0.25) is 0 Å². The molecule has 0 aliphatic carbocycles. The van der Waals surface area contributed by atoms with Crippen molar-refractivity contribution in [2.75, 3.05) is 13.2 Å². The molecule has 0 amide bonds. The smallest absolute Gasteiger partial charge is 0.306 e. The summed E-state index contributed by atoms with van der Waals surface area (Å²) in [6.07, 6.45) is 55.1. The molecule has 0 bridgehead atoms. The number of ether oxygens (including phenoxy) is 3. The van der Waals surface area contributed by atoms with Gasteiger partial charge in [0.2, 0.25) is 0 Å². The maximum atomic E-state index is 12.7. The Morgan fingerprint density at radius 2 is 0.759 bits per heavy atom. The fraction of sp³-hybridized carbons (Fsp3) is 0.562. The molecule has 0 saturated carbocycles. The fourth-order valence-corrected chi connectivity index (χ4v) is 5.06. The summed E-state index contributed by atoms with van der Waals surface area (Å²) in [5.41, 5.74) is 0. The van der Waals surface area contributed by atoms with Crippen molar-refractivity contribution in [1.29, 1.82) is 0 Å². The molecule has 0 saturated heterocycles. The van der Waals surface area contributed by atoms with E-state index in [1.54, 1.807) is 0 Å². The van der Waals surface area contributed by atoms with Gasteiger partial charge in [0, 0.05) is 19.3 Å². The van der Waals surface area contributed by atoms with Gasteiger partial charge in [-0.15, -0.1) is 0 Å². The minimum Gasteiger partial charge on any atom is -0.462 e. The second-order valence-electron chi connectivity index (χ2n) is 13.2. The van der Waals surface area contributed by atoms with Crippen molar-refractivity contribution < 1.29 is 28.6 Å². The molecule has 0 radical (unpaired) electrons. The average Bonchev–Trinajstić information content (AvgIpc) is 3.17. The van der Waals surface area contributed by atoms with Crippen LogP contribution in [-0.4, -0.2) is 37.2 Å². The van der Waals surface area contributed by atoms with E-state index in [-0.39, 0.29) is 31.1 Å². The molecule has 1 atom stereocenters. The number of carbonyl (C=O) groups excluding carboxylic acids is 3. The first-order valence-corrected chi connectivity index (χ1v) is 21.0. The summed E-state index contributed by atoms with van der Waals surface area (Å²) < 4.78 is 16.6. The predicted molar refractivity (Wildman–Crippen MR) is 228 cm³/mol. The molecule has 6 nitrogen and oxygen atoms in total. The summed E-state index contributed by atoms with van der Waals surface area (Å²) in [5.74, 6) is -1.03. The maximum absolute atomic E-state index is 12.7. The highest BCUT2D eigenvalue weighted by Gasteiger charge is 2.19. The van der Waals surface area contributed by atoms with Crippen molar-refractivity contribution in [1.82, 2.24) is 0 Å². The monoisotopic (exact) mass is 747 g/mol. The normalized spacial score (nSPS) is 13.2. The number of unbranched alkanes of at least 4 members (excludes halogenated alkanes) is 10. The third-order valence-electron chi connectivity index (χ3n) is 8.13. The highest BCUT2D eigenvalue weighted by molar-refractivity contribution is 5.71. The van der Waals surface area contributed by atoms with Gasteiger partial charge in [0.05, 0.1) is 0 Å². The highest BCUT2D eigenvalue weighted by Crippen LogP contribution is 2.11. The van der Waals surface area contributed by atoms with Gasteiger partial charge in [0.25, 0.3) is 0 Å². The van der Waals surface area contributed by atoms with Crippen LogP contribution < -0.4 is 0 Å². The number of esters is 3. The molecular weight excluding hydrogens is 673 g/mol. The lowest BCUT2D eigenvalue weighted by molar-refractivity contribution is -0.167. The van der Waals surface area contributed by atoms with Gasteiger partial charge in [0.15, 0.2) is 6.10 Å². The van der Waals surface area contributed by atoms with E-state index in [4.69, 9.17) is 14.2 Å². The molecule has 0 aromatic heterocycles. The summed E-state index contributed by atoms with van der Waals surface area (Å²) in [7, 11) is 0. The minimum atomic E-state index is -0.814. The number of allylic oxidation sites excluding steroid dienone is 18. The third-order valence-corrected chi connectivity index (χ3v) is 8.13. The largest absolute Gasteiger partial charge is 0.462 e. The Bertz CT molecular complexity index is 1180. The zero-order valence-corrected chi connectivity index (χ0v) is 34.2. The van der Waals surface area contributed by atoms with Crippen LogP contribution >= 0.6 is 0 Å². The molecule has 6 heteroatoms. The molecule has 0 rings (SSSR count). The molecule has 0 fully saturated rings. The quantitative estimate of drug-likeness (QED) is 0.0211. The lowest BCUT2D eigenvalue weighted by atomic mass is 10.1. The van der Waals surface area contributed by atoms with E-state index < -0.39 is 6.10 Å². The standard InChI is InChI=1S/C48H74O6/c1-4-7-10-13-16-19-21-23-24-25-27-29-32-35-38-41-47(50)53-44-45(43-52-46(49)40-37-34-31-28-18-15-12-9-6-3)54-48(51)42-39-36-33-30-26-22-20-17-14-11-8-5-2/h7-13,16-21,23-25,27-28,45H,4-6,14-15,22,26,29-44H2,1-3H3/b10-7-,11-8-,12-9-,16-13-,20-17-,21-19-,24-23-,27-25-,28-18-. The molecule has 1 unspecified atom stereocenters. The Kier molecular flexibility index (Phi) is 38.8. The van der Waals surface area contributed by atoms with Crippen LogP contribution in [0, 0.1) is 0 Å². The van der Waals surface area contributed by atoms with Crippen LogP contribution in [0.3, 0.4) is 0 Å². The molecule has 54 heavy (non-hydrogen) atoms. The van der Waals surface area contributed by atoms with E-state index in [9.17, 15) is 14.4 Å². The number of hydrogen-bond donors (Lipinski definition) is 0. The molecule has 0 N–H and O–H groups in total. The summed E-state index contributed by atoms with van der Waals surface area (Å²) in [6.45, 7) is 6.13. The fourth-order valence-electron chi connectivity index (χ4n) is 5.06. The second-order valence-corrected chi connectivity index (χ2v) is 13.2. The first kappa shape index (κ1) is 50.1. The number of hydrogen-bond acceptors (Lipinski definition) is 6. The lowest BCUT2D eigenvalue weighted by Crippen LogP contribution is -2.30. The van der Waals surface area contributed by atoms with Crippen molar-refractivity contribution >= 4 is 17.9 Å². The van der Waals surface area contributed by atoms with E-state index >= 15 is 0 Å². The van der Waals surface area contributed by atoms with Gasteiger partial charge in [-0.05, 0) is 89.9 Å². The Morgan fingerprint density at radius 3 is 1.30 bits per heavy atom. The molecule has 0 spiro atoms. The van der Waals surface area contributed by atoms with E-state index in [2.05, 4.69) is 81.5 Å². The van der Waals surface area contributed by atoms with Crippen LogP contribution in [0.1, 0.15) is 156 Å². The topological polar surface area (TPSA) is 78.9 Å². The van der Waals surface area contributed by atoms with Crippen LogP contribution in [0.5, 0.6) is 0 Å². The number of rotatable bonds is 35. The highest BCUT2D eigenvalue weighted by atomic mass is 16.6.